The third kappa shape index (κ3) is 4.06. The van der Waals surface area contributed by atoms with E-state index in [9.17, 15) is 4.39 Å². The van der Waals surface area contributed by atoms with Crippen LogP contribution in [0.5, 0.6) is 5.75 Å². The Kier molecular flexibility index (Phi) is 5.55. The van der Waals surface area contributed by atoms with Crippen molar-refractivity contribution in [1.29, 1.82) is 0 Å². The third-order valence-electron chi connectivity index (χ3n) is 3.16. The molecule has 4 nitrogen and oxygen atoms in total. The minimum Gasteiger partial charge on any atom is -0.494 e. The molecular weight excluding hydrogens is 257 g/mol. The summed E-state index contributed by atoms with van der Waals surface area (Å²) in [7, 11) is 1.48. The number of rotatable bonds is 8. The molecule has 0 radical (unpaired) electrons. The second kappa shape index (κ2) is 7.65. The number of aryl methyl sites for hydroxylation is 1. The summed E-state index contributed by atoms with van der Waals surface area (Å²) in [6, 6.07) is 5.21. The average Bonchev–Trinajstić information content (AvgIpc) is 2.97. The van der Waals surface area contributed by atoms with Crippen LogP contribution < -0.4 is 10.1 Å². The van der Waals surface area contributed by atoms with Crippen molar-refractivity contribution in [2.75, 3.05) is 13.7 Å². The Balaban J connectivity index is 1.66. The lowest BCUT2D eigenvalue weighted by Gasteiger charge is -2.08. The summed E-state index contributed by atoms with van der Waals surface area (Å²) in [4.78, 5) is 4.00. The largest absolute Gasteiger partial charge is 0.494 e. The van der Waals surface area contributed by atoms with Crippen LogP contribution in [0, 0.1) is 5.82 Å². The summed E-state index contributed by atoms with van der Waals surface area (Å²) >= 11 is 0. The predicted molar refractivity (Wildman–Crippen MR) is 76.1 cm³/mol. The van der Waals surface area contributed by atoms with Gasteiger partial charge in [0, 0.05) is 31.0 Å². The van der Waals surface area contributed by atoms with Crippen LogP contribution in [-0.2, 0) is 13.1 Å². The van der Waals surface area contributed by atoms with E-state index in [0.717, 1.165) is 25.9 Å². The maximum atomic E-state index is 13.9. The Morgan fingerprint density at radius 1 is 1.35 bits per heavy atom. The predicted octanol–water partition coefficient (Wildman–Crippen LogP) is 2.60. The minimum absolute atomic E-state index is 0.277. The van der Waals surface area contributed by atoms with Crippen molar-refractivity contribution in [1.82, 2.24) is 14.9 Å². The van der Waals surface area contributed by atoms with E-state index >= 15 is 0 Å². The second-order valence-corrected chi connectivity index (χ2v) is 4.62. The highest BCUT2D eigenvalue weighted by atomic mass is 19.1. The van der Waals surface area contributed by atoms with Gasteiger partial charge in [-0.05, 0) is 25.5 Å². The van der Waals surface area contributed by atoms with Crippen molar-refractivity contribution < 1.29 is 9.13 Å². The molecular formula is C15H20FN3O. The first-order valence-corrected chi connectivity index (χ1v) is 6.79. The van der Waals surface area contributed by atoms with Crippen LogP contribution in [0.25, 0.3) is 0 Å². The number of hydrogen-bond donors (Lipinski definition) is 1. The molecule has 0 spiro atoms. The number of benzene rings is 1. The van der Waals surface area contributed by atoms with Gasteiger partial charge < -0.3 is 14.6 Å². The molecule has 0 unspecified atom stereocenters. The van der Waals surface area contributed by atoms with Crippen molar-refractivity contribution in [2.45, 2.75) is 25.9 Å². The van der Waals surface area contributed by atoms with Gasteiger partial charge >= 0.3 is 0 Å². The van der Waals surface area contributed by atoms with E-state index < -0.39 is 0 Å². The van der Waals surface area contributed by atoms with Gasteiger partial charge in [-0.2, -0.15) is 0 Å². The van der Waals surface area contributed by atoms with Gasteiger partial charge in [-0.3, -0.25) is 0 Å². The number of methoxy groups -OCH3 is 1. The fourth-order valence-electron chi connectivity index (χ4n) is 2.04. The van der Waals surface area contributed by atoms with Gasteiger partial charge in [-0.1, -0.05) is 12.1 Å². The van der Waals surface area contributed by atoms with Gasteiger partial charge in [-0.15, -0.1) is 0 Å². The number of hydrogen-bond acceptors (Lipinski definition) is 3. The van der Waals surface area contributed by atoms with Gasteiger partial charge in [0.25, 0.3) is 0 Å². The molecule has 108 valence electrons. The molecule has 5 heteroatoms. The first-order valence-electron chi connectivity index (χ1n) is 6.79. The van der Waals surface area contributed by atoms with Crippen LogP contribution in [0.1, 0.15) is 18.4 Å². The molecule has 1 heterocycles. The Hall–Kier alpha value is -1.88. The van der Waals surface area contributed by atoms with Gasteiger partial charge in [0.1, 0.15) is 0 Å². The molecule has 0 aliphatic carbocycles. The van der Waals surface area contributed by atoms with E-state index in [1.54, 1.807) is 24.4 Å². The van der Waals surface area contributed by atoms with Gasteiger partial charge in [0.05, 0.1) is 13.4 Å². The first kappa shape index (κ1) is 14.5. The number of imidazole rings is 1. The molecule has 0 fully saturated rings. The summed E-state index contributed by atoms with van der Waals surface area (Å²) < 4.78 is 20.9. The molecule has 0 amide bonds. The molecule has 0 atom stereocenters. The van der Waals surface area contributed by atoms with E-state index in [2.05, 4.69) is 14.9 Å². The second-order valence-electron chi connectivity index (χ2n) is 4.62. The lowest BCUT2D eigenvalue weighted by Crippen LogP contribution is -2.16. The van der Waals surface area contributed by atoms with Crippen molar-refractivity contribution in [3.8, 4) is 5.75 Å². The van der Waals surface area contributed by atoms with Crippen LogP contribution in [0.3, 0.4) is 0 Å². The van der Waals surface area contributed by atoms with E-state index in [0.29, 0.717) is 17.9 Å². The summed E-state index contributed by atoms with van der Waals surface area (Å²) in [6.07, 6.45) is 7.68. The molecule has 20 heavy (non-hydrogen) atoms. The molecule has 0 aliphatic rings. The zero-order valence-corrected chi connectivity index (χ0v) is 11.7. The number of nitrogens with zero attached hydrogens (tertiary/aromatic N) is 2. The van der Waals surface area contributed by atoms with Gasteiger partial charge in [-0.25, -0.2) is 9.37 Å². The SMILES string of the molecule is COc1cccc(CNCCCCn2ccnc2)c1F. The first-order chi connectivity index (χ1) is 9.81. The molecule has 1 N–H and O–H groups in total. The fourth-order valence-corrected chi connectivity index (χ4v) is 2.04. The Bertz CT molecular complexity index is 514. The van der Waals surface area contributed by atoms with Crippen molar-refractivity contribution in [2.24, 2.45) is 0 Å². The molecule has 0 bridgehead atoms. The number of halogens is 1. The van der Waals surface area contributed by atoms with Crippen molar-refractivity contribution in [3.63, 3.8) is 0 Å². The normalized spacial score (nSPS) is 10.7. The monoisotopic (exact) mass is 277 g/mol. The molecule has 2 rings (SSSR count). The zero-order chi connectivity index (χ0) is 14.2. The molecule has 0 aliphatic heterocycles. The molecule has 2 aromatic rings. The van der Waals surface area contributed by atoms with Gasteiger partial charge in [0.2, 0.25) is 0 Å². The summed E-state index contributed by atoms with van der Waals surface area (Å²) in [5.74, 6) is 0.0188. The smallest absolute Gasteiger partial charge is 0.169 e. The zero-order valence-electron chi connectivity index (χ0n) is 11.7. The highest BCUT2D eigenvalue weighted by molar-refractivity contribution is 5.30. The lowest BCUT2D eigenvalue weighted by atomic mass is 10.2. The minimum atomic E-state index is -0.277. The van der Waals surface area contributed by atoms with Crippen molar-refractivity contribution >= 4 is 0 Å². The maximum absolute atomic E-state index is 13.9. The highest BCUT2D eigenvalue weighted by Gasteiger charge is 2.07. The number of unbranched alkanes of at least 4 members (excludes halogenated alkanes) is 1. The number of ether oxygens (including phenoxy) is 1. The van der Waals surface area contributed by atoms with Crippen LogP contribution in [0.15, 0.2) is 36.9 Å². The summed E-state index contributed by atoms with van der Waals surface area (Å²) in [6.45, 7) is 2.36. The summed E-state index contributed by atoms with van der Waals surface area (Å²) in [5, 5.41) is 3.25. The molecule has 0 saturated heterocycles. The Morgan fingerprint density at radius 3 is 3.00 bits per heavy atom. The van der Waals surface area contributed by atoms with Crippen LogP contribution in [-0.4, -0.2) is 23.2 Å². The topological polar surface area (TPSA) is 39.1 Å². The van der Waals surface area contributed by atoms with E-state index in [-0.39, 0.29) is 5.82 Å². The number of nitrogens with one attached hydrogen (secondary N) is 1. The molecule has 0 saturated carbocycles. The Labute approximate surface area is 118 Å². The highest BCUT2D eigenvalue weighted by Crippen LogP contribution is 2.19. The van der Waals surface area contributed by atoms with Gasteiger partial charge in [0.15, 0.2) is 11.6 Å². The Morgan fingerprint density at radius 2 is 2.25 bits per heavy atom. The number of aromatic nitrogens is 2. The van der Waals surface area contributed by atoms with E-state index in [1.165, 1.54) is 7.11 Å². The quantitative estimate of drug-likeness (QED) is 0.754. The standard InChI is InChI=1S/C15H20FN3O/c1-20-14-6-4-5-13(15(14)16)11-17-7-2-3-9-19-10-8-18-12-19/h4-6,8,10,12,17H,2-3,7,9,11H2,1H3. The molecule has 1 aromatic carbocycles. The van der Waals surface area contributed by atoms with E-state index in [1.807, 2.05) is 12.5 Å². The summed E-state index contributed by atoms with van der Waals surface area (Å²) in [5.41, 5.74) is 0.638. The van der Waals surface area contributed by atoms with Crippen LogP contribution >= 0.6 is 0 Å². The fraction of sp³-hybridized carbons (Fsp3) is 0.400. The lowest BCUT2D eigenvalue weighted by molar-refractivity contribution is 0.383. The maximum Gasteiger partial charge on any atom is 0.169 e. The van der Waals surface area contributed by atoms with Crippen LogP contribution in [0.2, 0.25) is 0 Å². The third-order valence-corrected chi connectivity index (χ3v) is 3.16. The molecule has 1 aromatic heterocycles. The van der Waals surface area contributed by atoms with Crippen molar-refractivity contribution in [3.05, 3.63) is 48.3 Å². The van der Waals surface area contributed by atoms with E-state index in [4.69, 9.17) is 4.74 Å². The average molecular weight is 277 g/mol. The van der Waals surface area contributed by atoms with Crippen LogP contribution in [0.4, 0.5) is 4.39 Å².